The Labute approximate surface area is 129 Å². The normalized spacial score (nSPS) is 19.2. The van der Waals surface area contributed by atoms with Gasteiger partial charge >= 0.3 is 0 Å². The van der Waals surface area contributed by atoms with Crippen molar-refractivity contribution in [3.63, 3.8) is 0 Å². The van der Waals surface area contributed by atoms with Crippen molar-refractivity contribution in [2.45, 2.75) is 6.04 Å². The minimum absolute atomic E-state index is 0.0548. The summed E-state index contributed by atoms with van der Waals surface area (Å²) in [6, 6.07) is 11.9. The number of piperazine rings is 1. The number of likely N-dealkylation sites (N-methyl/N-ethyl adjacent to an activating group) is 1. The first-order valence-corrected chi connectivity index (χ1v) is 7.31. The van der Waals surface area contributed by atoms with E-state index in [9.17, 15) is 9.18 Å². The molecular formula is C17H18FN3O. The zero-order chi connectivity index (χ0) is 15.5. The van der Waals surface area contributed by atoms with Crippen LogP contribution in [0.1, 0.15) is 22.1 Å². The Hall–Kier alpha value is -2.27. The first-order valence-electron chi connectivity index (χ1n) is 7.31. The Balaban J connectivity index is 1.79. The van der Waals surface area contributed by atoms with Gasteiger partial charge in [0.1, 0.15) is 11.5 Å². The van der Waals surface area contributed by atoms with Gasteiger partial charge in [-0.3, -0.25) is 14.7 Å². The van der Waals surface area contributed by atoms with E-state index in [1.165, 1.54) is 12.1 Å². The predicted octanol–water partition coefficient (Wildman–Crippen LogP) is 2.35. The molecule has 0 spiro atoms. The van der Waals surface area contributed by atoms with Gasteiger partial charge in [0.15, 0.2) is 0 Å². The molecule has 0 saturated carbocycles. The monoisotopic (exact) mass is 299 g/mol. The third-order valence-corrected chi connectivity index (χ3v) is 4.07. The van der Waals surface area contributed by atoms with Gasteiger partial charge in [0.25, 0.3) is 5.91 Å². The van der Waals surface area contributed by atoms with Crippen LogP contribution >= 0.6 is 0 Å². The zero-order valence-corrected chi connectivity index (χ0v) is 12.4. The summed E-state index contributed by atoms with van der Waals surface area (Å²) >= 11 is 0. The maximum absolute atomic E-state index is 13.1. The predicted molar refractivity (Wildman–Crippen MR) is 81.9 cm³/mol. The maximum Gasteiger partial charge on any atom is 0.272 e. The van der Waals surface area contributed by atoms with Crippen LogP contribution in [0.4, 0.5) is 4.39 Å². The summed E-state index contributed by atoms with van der Waals surface area (Å²) in [6.45, 7) is 2.03. The number of benzene rings is 1. The highest BCUT2D eigenvalue weighted by molar-refractivity contribution is 5.92. The minimum atomic E-state index is -0.247. The number of halogens is 1. The number of amides is 1. The van der Waals surface area contributed by atoms with Crippen molar-refractivity contribution in [2.75, 3.05) is 26.7 Å². The second-order valence-corrected chi connectivity index (χ2v) is 5.51. The lowest BCUT2D eigenvalue weighted by molar-refractivity contribution is 0.0540. The van der Waals surface area contributed by atoms with Crippen molar-refractivity contribution >= 4 is 5.91 Å². The molecule has 114 valence electrons. The van der Waals surface area contributed by atoms with Crippen LogP contribution in [0.5, 0.6) is 0 Å². The Morgan fingerprint density at radius 1 is 1.18 bits per heavy atom. The number of carbonyl (C=O) groups is 1. The summed E-state index contributed by atoms with van der Waals surface area (Å²) in [6.07, 6.45) is 1.63. The number of rotatable bonds is 2. The third-order valence-electron chi connectivity index (χ3n) is 4.07. The Kier molecular flexibility index (Phi) is 4.15. The summed E-state index contributed by atoms with van der Waals surface area (Å²) in [4.78, 5) is 20.7. The lowest BCUT2D eigenvalue weighted by Crippen LogP contribution is -2.49. The molecule has 1 saturated heterocycles. The largest absolute Gasteiger partial charge is 0.334 e. The molecule has 0 N–H and O–H groups in total. The second-order valence-electron chi connectivity index (χ2n) is 5.51. The van der Waals surface area contributed by atoms with Crippen molar-refractivity contribution in [1.82, 2.24) is 14.8 Å². The minimum Gasteiger partial charge on any atom is -0.334 e. The maximum atomic E-state index is 13.1. The van der Waals surface area contributed by atoms with Crippen LogP contribution in [0.2, 0.25) is 0 Å². The van der Waals surface area contributed by atoms with Crippen LogP contribution < -0.4 is 0 Å². The van der Waals surface area contributed by atoms with Gasteiger partial charge in [0.05, 0.1) is 6.04 Å². The van der Waals surface area contributed by atoms with Gasteiger partial charge in [-0.1, -0.05) is 18.2 Å². The fraction of sp³-hybridized carbons (Fsp3) is 0.294. The summed E-state index contributed by atoms with van der Waals surface area (Å²) in [5, 5.41) is 0. The van der Waals surface area contributed by atoms with Crippen molar-refractivity contribution in [3.05, 3.63) is 65.7 Å². The third kappa shape index (κ3) is 2.99. The van der Waals surface area contributed by atoms with Crippen LogP contribution in [0, 0.1) is 5.82 Å². The zero-order valence-electron chi connectivity index (χ0n) is 12.4. The summed E-state index contributed by atoms with van der Waals surface area (Å²) in [5.74, 6) is -0.301. The number of hydrogen-bond donors (Lipinski definition) is 0. The van der Waals surface area contributed by atoms with E-state index in [-0.39, 0.29) is 17.8 Å². The van der Waals surface area contributed by atoms with E-state index in [0.29, 0.717) is 18.8 Å². The lowest BCUT2D eigenvalue weighted by Gasteiger charge is -2.39. The molecular weight excluding hydrogens is 281 g/mol. The smallest absolute Gasteiger partial charge is 0.272 e. The number of aromatic nitrogens is 1. The van der Waals surface area contributed by atoms with E-state index < -0.39 is 0 Å². The van der Waals surface area contributed by atoms with Crippen LogP contribution in [0.15, 0.2) is 48.7 Å². The fourth-order valence-corrected chi connectivity index (χ4v) is 2.75. The SMILES string of the molecule is CN1CCN(C(=O)c2ccccn2)CC1c1ccc(F)cc1. The van der Waals surface area contributed by atoms with E-state index >= 15 is 0 Å². The number of pyridine rings is 1. The van der Waals surface area contributed by atoms with Gasteiger partial charge in [-0.2, -0.15) is 0 Å². The molecule has 1 fully saturated rings. The Morgan fingerprint density at radius 3 is 2.64 bits per heavy atom. The van der Waals surface area contributed by atoms with Crippen molar-refractivity contribution in [3.8, 4) is 0 Å². The molecule has 5 heteroatoms. The summed E-state index contributed by atoms with van der Waals surface area (Å²) < 4.78 is 13.1. The summed E-state index contributed by atoms with van der Waals surface area (Å²) in [7, 11) is 2.02. The molecule has 1 aliphatic heterocycles. The van der Waals surface area contributed by atoms with E-state index in [0.717, 1.165) is 12.1 Å². The number of hydrogen-bond acceptors (Lipinski definition) is 3. The van der Waals surface area contributed by atoms with Gasteiger partial charge in [-0.25, -0.2) is 4.39 Å². The molecule has 1 amide bonds. The standard InChI is InChI=1S/C17H18FN3O/c1-20-10-11-21(17(22)15-4-2-3-9-19-15)12-16(20)13-5-7-14(18)8-6-13/h2-9,16H,10-12H2,1H3. The van der Waals surface area contributed by atoms with Crippen molar-refractivity contribution < 1.29 is 9.18 Å². The van der Waals surface area contributed by atoms with Gasteiger partial charge < -0.3 is 4.90 Å². The highest BCUT2D eigenvalue weighted by Crippen LogP contribution is 2.25. The van der Waals surface area contributed by atoms with Crippen LogP contribution in [0.3, 0.4) is 0 Å². The van der Waals surface area contributed by atoms with E-state index in [4.69, 9.17) is 0 Å². The van der Waals surface area contributed by atoms with E-state index in [2.05, 4.69) is 9.88 Å². The molecule has 0 bridgehead atoms. The van der Waals surface area contributed by atoms with Crippen LogP contribution in [-0.4, -0.2) is 47.4 Å². The molecule has 3 rings (SSSR count). The number of nitrogens with zero attached hydrogens (tertiary/aromatic N) is 3. The molecule has 2 aromatic rings. The molecule has 22 heavy (non-hydrogen) atoms. The first-order chi connectivity index (χ1) is 10.6. The average molecular weight is 299 g/mol. The van der Waals surface area contributed by atoms with Crippen molar-refractivity contribution in [1.29, 1.82) is 0 Å². The molecule has 0 radical (unpaired) electrons. The summed E-state index contributed by atoms with van der Waals surface area (Å²) in [5.41, 5.74) is 1.48. The highest BCUT2D eigenvalue weighted by atomic mass is 19.1. The molecule has 1 aromatic carbocycles. The van der Waals surface area contributed by atoms with Gasteiger partial charge in [0, 0.05) is 25.8 Å². The van der Waals surface area contributed by atoms with Gasteiger partial charge in [-0.05, 0) is 36.9 Å². The quantitative estimate of drug-likeness (QED) is 0.854. The van der Waals surface area contributed by atoms with Gasteiger partial charge in [0.2, 0.25) is 0 Å². The lowest BCUT2D eigenvalue weighted by atomic mass is 10.0. The molecule has 1 unspecified atom stereocenters. The van der Waals surface area contributed by atoms with Crippen LogP contribution in [0.25, 0.3) is 0 Å². The molecule has 4 nitrogen and oxygen atoms in total. The molecule has 1 aliphatic rings. The number of carbonyl (C=O) groups excluding carboxylic acids is 1. The molecule has 1 atom stereocenters. The van der Waals surface area contributed by atoms with Crippen molar-refractivity contribution in [2.24, 2.45) is 0 Å². The van der Waals surface area contributed by atoms with E-state index in [1.54, 1.807) is 30.5 Å². The molecule has 1 aromatic heterocycles. The average Bonchev–Trinajstić information content (AvgIpc) is 2.56. The Bertz CT molecular complexity index is 645. The van der Waals surface area contributed by atoms with Gasteiger partial charge in [-0.15, -0.1) is 0 Å². The topological polar surface area (TPSA) is 36.4 Å². The Morgan fingerprint density at radius 2 is 1.95 bits per heavy atom. The first kappa shape index (κ1) is 14.7. The highest BCUT2D eigenvalue weighted by Gasteiger charge is 2.29. The second kappa shape index (κ2) is 6.23. The van der Waals surface area contributed by atoms with Crippen LogP contribution in [-0.2, 0) is 0 Å². The van der Waals surface area contributed by atoms with E-state index in [1.807, 2.05) is 18.0 Å². The molecule has 0 aliphatic carbocycles. The fourth-order valence-electron chi connectivity index (χ4n) is 2.75. The molecule has 2 heterocycles.